The maximum absolute atomic E-state index is 12.8. The Balaban J connectivity index is 2.43. The summed E-state index contributed by atoms with van der Waals surface area (Å²) in [7, 11) is 1.76. The summed E-state index contributed by atoms with van der Waals surface area (Å²) in [6, 6.07) is 0.979. The fourth-order valence-corrected chi connectivity index (χ4v) is 2.46. The van der Waals surface area contributed by atoms with Crippen molar-refractivity contribution in [1.82, 2.24) is 15.3 Å². The molecule has 0 fully saturated rings. The van der Waals surface area contributed by atoms with Crippen molar-refractivity contribution in [2.24, 2.45) is 0 Å². The van der Waals surface area contributed by atoms with Gasteiger partial charge in [0.1, 0.15) is 5.01 Å². The Morgan fingerprint density at radius 3 is 2.78 bits per heavy atom. The van der Waals surface area contributed by atoms with Gasteiger partial charge in [0, 0.05) is 30.7 Å². The predicted molar refractivity (Wildman–Crippen MR) is 63.1 cm³/mol. The molecule has 0 aliphatic rings. The van der Waals surface area contributed by atoms with Gasteiger partial charge in [0.05, 0.1) is 10.4 Å². The molecule has 7 heteroatoms. The van der Waals surface area contributed by atoms with Crippen LogP contribution in [-0.4, -0.2) is 17.0 Å². The Morgan fingerprint density at radius 1 is 1.33 bits per heavy atom. The molecule has 0 saturated heterocycles. The molecule has 2 aromatic rings. The second kappa shape index (κ2) is 5.03. The van der Waals surface area contributed by atoms with Crippen LogP contribution in [-0.2, 0) is 12.7 Å². The summed E-state index contributed by atoms with van der Waals surface area (Å²) >= 11 is 1.23. The Kier molecular flexibility index (Phi) is 3.63. The highest BCUT2D eigenvalue weighted by atomic mass is 32.1. The Labute approximate surface area is 106 Å². The van der Waals surface area contributed by atoms with E-state index in [2.05, 4.69) is 15.3 Å². The monoisotopic (exact) mass is 273 g/mol. The molecule has 3 nitrogen and oxygen atoms in total. The number of hydrogen-bond donors (Lipinski definition) is 1. The lowest BCUT2D eigenvalue weighted by molar-refractivity contribution is -0.137. The molecule has 0 atom stereocenters. The minimum Gasteiger partial charge on any atom is -0.314 e. The molecule has 1 N–H and O–H groups in total. The maximum atomic E-state index is 12.8. The number of rotatable bonds is 3. The van der Waals surface area contributed by atoms with Crippen molar-refractivity contribution >= 4 is 11.3 Å². The first-order valence-corrected chi connectivity index (χ1v) is 5.95. The number of alkyl halides is 3. The number of hydrogen-bond acceptors (Lipinski definition) is 4. The van der Waals surface area contributed by atoms with Crippen LogP contribution < -0.4 is 5.32 Å². The van der Waals surface area contributed by atoms with E-state index in [1.165, 1.54) is 23.7 Å². The van der Waals surface area contributed by atoms with E-state index in [4.69, 9.17) is 0 Å². The summed E-state index contributed by atoms with van der Waals surface area (Å²) in [5.74, 6) is 0. The summed E-state index contributed by atoms with van der Waals surface area (Å²) in [6.07, 6.45) is -0.573. The van der Waals surface area contributed by atoms with Crippen LogP contribution in [0, 0.1) is 0 Å². The first-order valence-electron chi connectivity index (χ1n) is 5.13. The number of thiazole rings is 1. The van der Waals surface area contributed by atoms with Gasteiger partial charge in [-0.25, -0.2) is 4.98 Å². The van der Waals surface area contributed by atoms with Crippen LogP contribution in [0.25, 0.3) is 10.4 Å². The van der Waals surface area contributed by atoms with Crippen molar-refractivity contribution in [2.75, 3.05) is 7.05 Å². The maximum Gasteiger partial charge on any atom is 0.417 e. The quantitative estimate of drug-likeness (QED) is 0.934. The highest BCUT2D eigenvalue weighted by molar-refractivity contribution is 7.15. The molecule has 18 heavy (non-hydrogen) atoms. The topological polar surface area (TPSA) is 37.8 Å². The second-order valence-corrected chi connectivity index (χ2v) is 4.68. The molecule has 2 aromatic heterocycles. The minimum atomic E-state index is -4.38. The molecule has 0 amide bonds. The molecular weight excluding hydrogens is 263 g/mol. The lowest BCUT2D eigenvalue weighted by Gasteiger charge is -2.10. The molecule has 0 aliphatic heterocycles. The van der Waals surface area contributed by atoms with Crippen LogP contribution in [0.2, 0.25) is 0 Å². The van der Waals surface area contributed by atoms with Crippen LogP contribution in [0.15, 0.2) is 24.7 Å². The van der Waals surface area contributed by atoms with Crippen LogP contribution in [0.5, 0.6) is 0 Å². The first-order chi connectivity index (χ1) is 8.52. The normalized spacial score (nSPS) is 11.8. The van der Waals surface area contributed by atoms with Gasteiger partial charge in [-0.1, -0.05) is 0 Å². The van der Waals surface area contributed by atoms with E-state index >= 15 is 0 Å². The van der Waals surface area contributed by atoms with Gasteiger partial charge in [-0.05, 0) is 13.1 Å². The fourth-order valence-electron chi connectivity index (χ4n) is 1.51. The van der Waals surface area contributed by atoms with Crippen molar-refractivity contribution in [3.63, 3.8) is 0 Å². The summed E-state index contributed by atoms with van der Waals surface area (Å²) in [5, 5.41) is 3.64. The van der Waals surface area contributed by atoms with Gasteiger partial charge in [-0.15, -0.1) is 11.3 Å². The highest BCUT2D eigenvalue weighted by Gasteiger charge is 2.34. The third kappa shape index (κ3) is 2.68. The van der Waals surface area contributed by atoms with Crippen molar-refractivity contribution in [3.05, 3.63) is 35.2 Å². The fraction of sp³-hybridized carbons (Fsp3) is 0.273. The number of pyridine rings is 1. The van der Waals surface area contributed by atoms with Crippen LogP contribution in [0.1, 0.15) is 10.6 Å². The van der Waals surface area contributed by atoms with Crippen molar-refractivity contribution in [3.8, 4) is 10.4 Å². The van der Waals surface area contributed by atoms with E-state index in [0.717, 1.165) is 17.3 Å². The summed E-state index contributed by atoms with van der Waals surface area (Å²) < 4.78 is 38.5. The van der Waals surface area contributed by atoms with E-state index in [0.29, 0.717) is 11.4 Å². The molecule has 0 radical (unpaired) electrons. The van der Waals surface area contributed by atoms with Crippen LogP contribution in [0.3, 0.4) is 0 Å². The van der Waals surface area contributed by atoms with E-state index in [9.17, 15) is 13.2 Å². The van der Waals surface area contributed by atoms with Gasteiger partial charge in [0.25, 0.3) is 0 Å². The van der Waals surface area contributed by atoms with E-state index < -0.39 is 11.7 Å². The van der Waals surface area contributed by atoms with Crippen molar-refractivity contribution in [2.45, 2.75) is 12.7 Å². The van der Waals surface area contributed by atoms with Crippen molar-refractivity contribution in [1.29, 1.82) is 0 Å². The molecule has 0 spiro atoms. The van der Waals surface area contributed by atoms with Crippen LogP contribution >= 0.6 is 11.3 Å². The van der Waals surface area contributed by atoms with Gasteiger partial charge >= 0.3 is 6.18 Å². The second-order valence-electron chi connectivity index (χ2n) is 3.57. The van der Waals surface area contributed by atoms with Gasteiger partial charge in [-0.3, -0.25) is 4.98 Å². The van der Waals surface area contributed by atoms with E-state index in [-0.39, 0.29) is 5.56 Å². The van der Waals surface area contributed by atoms with Gasteiger partial charge in [0.15, 0.2) is 0 Å². The summed E-state index contributed by atoms with van der Waals surface area (Å²) in [6.45, 7) is 0.534. The van der Waals surface area contributed by atoms with Gasteiger partial charge in [0.2, 0.25) is 0 Å². The third-order valence-electron chi connectivity index (χ3n) is 2.27. The van der Waals surface area contributed by atoms with Gasteiger partial charge in [-0.2, -0.15) is 13.2 Å². The number of nitrogens with zero attached hydrogens (tertiary/aromatic N) is 2. The molecule has 0 saturated carbocycles. The predicted octanol–water partition coefficient (Wildman–Crippen LogP) is 2.94. The smallest absolute Gasteiger partial charge is 0.314 e. The standard InChI is InChI=1S/C11H10F3N3S/c1-15-6-10-17-5-9(18-10)7-4-16-3-2-8(7)11(12,13)14/h2-5,15H,6H2,1H3. The SMILES string of the molecule is CNCc1ncc(-c2cnccc2C(F)(F)F)s1. The first kappa shape index (κ1) is 13.0. The Morgan fingerprint density at radius 2 is 2.11 bits per heavy atom. The molecule has 2 rings (SSSR count). The van der Waals surface area contributed by atoms with Crippen molar-refractivity contribution < 1.29 is 13.2 Å². The molecule has 0 aromatic carbocycles. The lowest BCUT2D eigenvalue weighted by atomic mass is 10.1. The molecular formula is C11H10F3N3S. The highest BCUT2D eigenvalue weighted by Crippen LogP contribution is 2.38. The number of halogens is 3. The lowest BCUT2D eigenvalue weighted by Crippen LogP contribution is -2.06. The third-order valence-corrected chi connectivity index (χ3v) is 3.30. The molecule has 2 heterocycles. The van der Waals surface area contributed by atoms with E-state index in [1.807, 2.05) is 0 Å². The Bertz CT molecular complexity index is 536. The molecule has 0 bridgehead atoms. The van der Waals surface area contributed by atoms with E-state index in [1.54, 1.807) is 7.05 Å². The largest absolute Gasteiger partial charge is 0.417 e. The number of nitrogens with one attached hydrogen (secondary N) is 1. The summed E-state index contributed by atoms with van der Waals surface area (Å²) in [4.78, 5) is 8.29. The van der Waals surface area contributed by atoms with Crippen LogP contribution in [0.4, 0.5) is 13.2 Å². The molecule has 0 aliphatic carbocycles. The zero-order chi connectivity index (χ0) is 13.2. The Hall–Kier alpha value is -1.47. The zero-order valence-corrected chi connectivity index (χ0v) is 10.3. The van der Waals surface area contributed by atoms with Gasteiger partial charge < -0.3 is 5.32 Å². The summed E-state index contributed by atoms with van der Waals surface area (Å²) in [5.41, 5.74) is -0.609. The molecule has 0 unspecified atom stereocenters. The number of aromatic nitrogens is 2. The average molecular weight is 273 g/mol. The zero-order valence-electron chi connectivity index (χ0n) is 9.45. The molecule has 96 valence electrons. The minimum absolute atomic E-state index is 0.0739. The average Bonchev–Trinajstić information content (AvgIpc) is 2.77.